The fraction of sp³-hybridized carbons (Fsp3) is 0.625. The van der Waals surface area contributed by atoms with Crippen molar-refractivity contribution < 1.29 is 18.3 Å². The van der Waals surface area contributed by atoms with Gasteiger partial charge in [-0.2, -0.15) is 0 Å². The summed E-state index contributed by atoms with van der Waals surface area (Å²) >= 11 is 0. The lowest BCUT2D eigenvalue weighted by atomic mass is 10.5. The first kappa shape index (κ1) is 11.9. The Morgan fingerprint density at radius 3 is 2.31 bits per heavy atom. The highest BCUT2D eigenvalue weighted by molar-refractivity contribution is 5.81. The molecule has 0 heterocycles. The molecule has 0 aromatic carbocycles. The molecule has 0 saturated carbocycles. The number of halogens is 2. The summed E-state index contributed by atoms with van der Waals surface area (Å²) in [6.07, 6.45) is 2.45. The predicted molar refractivity (Wildman–Crippen MR) is 44.7 cm³/mol. The molecule has 0 fully saturated rings. The van der Waals surface area contributed by atoms with Crippen LogP contribution in [0.5, 0.6) is 0 Å². The summed E-state index contributed by atoms with van der Waals surface area (Å²) in [5.41, 5.74) is 0. The van der Waals surface area contributed by atoms with E-state index in [9.17, 15) is 13.6 Å². The van der Waals surface area contributed by atoms with Gasteiger partial charge in [-0.05, 0) is 0 Å². The van der Waals surface area contributed by atoms with Crippen LogP contribution in [0.1, 0.15) is 0 Å². The van der Waals surface area contributed by atoms with E-state index in [0.29, 0.717) is 0 Å². The van der Waals surface area contributed by atoms with Gasteiger partial charge in [-0.3, -0.25) is 0 Å². The molecule has 0 atom stereocenters. The van der Waals surface area contributed by atoms with Crippen molar-refractivity contribution in [1.82, 2.24) is 4.90 Å². The van der Waals surface area contributed by atoms with Crippen LogP contribution in [0.15, 0.2) is 12.3 Å². The summed E-state index contributed by atoms with van der Waals surface area (Å²) < 4.78 is 28.0. The maximum atomic E-state index is 11.9. The van der Waals surface area contributed by atoms with Gasteiger partial charge < -0.3 is 9.64 Å². The average Bonchev–Trinajstić information content (AvgIpc) is 2.14. The molecule has 0 N–H and O–H groups in total. The van der Waals surface area contributed by atoms with Gasteiger partial charge in [-0.1, -0.05) is 0 Å². The van der Waals surface area contributed by atoms with Gasteiger partial charge in [0.2, 0.25) is 0 Å². The Kier molecular flexibility index (Phi) is 6.86. The summed E-state index contributed by atoms with van der Waals surface area (Å²) in [7, 11) is 1.24. The number of hydrogen-bond acceptors (Lipinski definition) is 3. The zero-order valence-electron chi connectivity index (χ0n) is 7.50. The lowest BCUT2D eigenvalue weighted by Crippen LogP contribution is -2.22. The molecule has 0 aliphatic carbocycles. The van der Waals surface area contributed by atoms with Gasteiger partial charge in [0.25, 0.3) is 0 Å². The van der Waals surface area contributed by atoms with E-state index in [2.05, 4.69) is 4.74 Å². The average molecular weight is 193 g/mol. The molecule has 5 heteroatoms. The van der Waals surface area contributed by atoms with E-state index in [4.69, 9.17) is 0 Å². The monoisotopic (exact) mass is 193 g/mol. The topological polar surface area (TPSA) is 29.5 Å². The third-order valence-electron chi connectivity index (χ3n) is 1.37. The van der Waals surface area contributed by atoms with Crippen LogP contribution in [0.3, 0.4) is 0 Å². The van der Waals surface area contributed by atoms with Crippen LogP contribution >= 0.6 is 0 Å². The van der Waals surface area contributed by atoms with Crippen LogP contribution in [-0.2, 0) is 9.53 Å². The molecule has 0 unspecified atom stereocenters. The van der Waals surface area contributed by atoms with Crippen LogP contribution in [-0.4, -0.2) is 44.4 Å². The summed E-state index contributed by atoms with van der Waals surface area (Å²) in [6.45, 7) is -0.994. The van der Waals surface area contributed by atoms with Crippen molar-refractivity contribution in [2.75, 3.05) is 33.5 Å². The quantitative estimate of drug-likeness (QED) is 0.464. The normalized spacial score (nSPS) is 10.4. The second-order valence-corrected chi connectivity index (χ2v) is 2.25. The molecule has 0 saturated heterocycles. The Labute approximate surface area is 76.0 Å². The van der Waals surface area contributed by atoms with E-state index in [-0.39, 0.29) is 13.1 Å². The van der Waals surface area contributed by atoms with E-state index in [1.807, 2.05) is 0 Å². The van der Waals surface area contributed by atoms with Crippen molar-refractivity contribution in [3.63, 3.8) is 0 Å². The molecule has 0 aromatic heterocycles. The van der Waals surface area contributed by atoms with Crippen molar-refractivity contribution >= 4 is 5.97 Å². The van der Waals surface area contributed by atoms with Crippen LogP contribution in [0.25, 0.3) is 0 Å². The molecule has 0 rings (SSSR count). The summed E-state index contributed by atoms with van der Waals surface area (Å²) in [5, 5.41) is 0. The maximum absolute atomic E-state index is 11.9. The van der Waals surface area contributed by atoms with E-state index in [1.54, 1.807) is 0 Å². The van der Waals surface area contributed by atoms with E-state index < -0.39 is 19.3 Å². The third kappa shape index (κ3) is 6.07. The standard InChI is InChI=1S/C8H13F2NO2/c1-13-8(12)2-5-11(6-3-9)7-4-10/h2,5H,3-4,6-7H2,1H3. The van der Waals surface area contributed by atoms with E-state index >= 15 is 0 Å². The fourth-order valence-electron chi connectivity index (χ4n) is 0.712. The minimum atomic E-state index is -0.578. The molecule has 3 nitrogen and oxygen atoms in total. The predicted octanol–water partition coefficient (Wildman–Crippen LogP) is 0.914. The largest absolute Gasteiger partial charge is 0.466 e. The number of carbonyl (C=O) groups excluding carboxylic acids is 1. The molecule has 0 aromatic rings. The van der Waals surface area contributed by atoms with Gasteiger partial charge in [-0.15, -0.1) is 0 Å². The van der Waals surface area contributed by atoms with Gasteiger partial charge in [0.15, 0.2) is 0 Å². The minimum absolute atomic E-state index is 0.0808. The van der Waals surface area contributed by atoms with Crippen molar-refractivity contribution in [2.45, 2.75) is 0 Å². The summed E-state index contributed by atoms with van der Waals surface area (Å²) in [4.78, 5) is 12.0. The van der Waals surface area contributed by atoms with E-state index in [1.165, 1.54) is 18.2 Å². The first-order chi connectivity index (χ1) is 6.24. The highest BCUT2D eigenvalue weighted by Crippen LogP contribution is 1.91. The van der Waals surface area contributed by atoms with Crippen LogP contribution in [0.4, 0.5) is 8.78 Å². The number of rotatable bonds is 6. The third-order valence-corrected chi connectivity index (χ3v) is 1.37. The van der Waals surface area contributed by atoms with Crippen LogP contribution in [0, 0.1) is 0 Å². The van der Waals surface area contributed by atoms with Gasteiger partial charge in [0, 0.05) is 25.4 Å². The van der Waals surface area contributed by atoms with Crippen molar-refractivity contribution in [2.24, 2.45) is 0 Å². The molecular weight excluding hydrogens is 180 g/mol. The maximum Gasteiger partial charge on any atom is 0.331 e. The Balaban J connectivity index is 3.91. The minimum Gasteiger partial charge on any atom is -0.466 e. The number of ether oxygens (including phenoxy) is 1. The molecule has 76 valence electrons. The molecule has 0 spiro atoms. The first-order valence-electron chi connectivity index (χ1n) is 3.86. The smallest absolute Gasteiger partial charge is 0.331 e. The number of nitrogens with zero attached hydrogens (tertiary/aromatic N) is 1. The van der Waals surface area contributed by atoms with Gasteiger partial charge in [0.1, 0.15) is 13.3 Å². The van der Waals surface area contributed by atoms with Crippen molar-refractivity contribution in [1.29, 1.82) is 0 Å². The highest BCUT2D eigenvalue weighted by Gasteiger charge is 1.99. The second kappa shape index (κ2) is 7.52. The molecule has 0 radical (unpaired) electrons. The number of alkyl halides is 2. The molecule has 13 heavy (non-hydrogen) atoms. The van der Waals surface area contributed by atoms with Gasteiger partial charge in [-0.25, -0.2) is 13.6 Å². The van der Waals surface area contributed by atoms with Crippen molar-refractivity contribution in [3.05, 3.63) is 12.3 Å². The van der Waals surface area contributed by atoms with Gasteiger partial charge in [0.05, 0.1) is 7.11 Å². The molecule has 0 bridgehead atoms. The number of esters is 1. The lowest BCUT2D eigenvalue weighted by Gasteiger charge is -2.15. The second-order valence-electron chi connectivity index (χ2n) is 2.25. The number of carbonyl (C=O) groups is 1. The van der Waals surface area contributed by atoms with Crippen molar-refractivity contribution in [3.8, 4) is 0 Å². The molecule has 0 aliphatic heterocycles. The Morgan fingerprint density at radius 2 is 1.92 bits per heavy atom. The number of hydrogen-bond donors (Lipinski definition) is 0. The van der Waals surface area contributed by atoms with Crippen LogP contribution in [0.2, 0.25) is 0 Å². The lowest BCUT2D eigenvalue weighted by molar-refractivity contribution is -0.134. The first-order valence-corrected chi connectivity index (χ1v) is 3.86. The summed E-state index contributed by atoms with van der Waals surface area (Å²) in [5.74, 6) is -0.539. The molecular formula is C8H13F2NO2. The molecule has 0 amide bonds. The SMILES string of the molecule is COC(=O)C=CN(CCF)CCF. The zero-order chi connectivity index (χ0) is 10.1. The molecule has 0 aliphatic rings. The Morgan fingerprint density at radius 1 is 1.38 bits per heavy atom. The van der Waals surface area contributed by atoms with Gasteiger partial charge >= 0.3 is 5.97 Å². The van der Waals surface area contributed by atoms with E-state index in [0.717, 1.165) is 6.08 Å². The zero-order valence-corrected chi connectivity index (χ0v) is 7.50. The highest BCUT2D eigenvalue weighted by atomic mass is 19.1. The number of methoxy groups -OCH3 is 1. The Hall–Kier alpha value is -1.13. The Bertz CT molecular complexity index is 168. The summed E-state index contributed by atoms with van der Waals surface area (Å²) in [6, 6.07) is 0. The van der Waals surface area contributed by atoms with Crippen LogP contribution < -0.4 is 0 Å². The fourth-order valence-corrected chi connectivity index (χ4v) is 0.712.